The van der Waals surface area contributed by atoms with E-state index in [2.05, 4.69) is 4.99 Å². The number of aliphatic hydroxyl groups excluding tert-OH is 1. The summed E-state index contributed by atoms with van der Waals surface area (Å²) >= 11 is 0. The molecule has 24 heavy (non-hydrogen) atoms. The van der Waals surface area contributed by atoms with Gasteiger partial charge in [0.05, 0.1) is 10.5 Å². The number of carbonyl (C=O) groups excluding carboxylic acids is 1. The summed E-state index contributed by atoms with van der Waals surface area (Å²) < 4.78 is 13.6. The normalized spacial score (nSPS) is 12.0. The SMILES string of the molecule is NC(/C=C(\O)c1ccccc1)=NC(=O)c1cc([N+](=O)[O-])ccc1F. The first-order valence-corrected chi connectivity index (χ1v) is 6.67. The van der Waals surface area contributed by atoms with Crippen molar-refractivity contribution in [3.63, 3.8) is 0 Å². The molecule has 2 rings (SSSR count). The van der Waals surface area contributed by atoms with E-state index in [9.17, 15) is 24.4 Å². The van der Waals surface area contributed by atoms with Gasteiger partial charge in [0.15, 0.2) is 0 Å². The van der Waals surface area contributed by atoms with Crippen molar-refractivity contribution in [1.29, 1.82) is 0 Å². The number of carbonyl (C=O) groups is 1. The predicted molar refractivity (Wildman–Crippen MR) is 86.1 cm³/mol. The molecule has 0 bridgehead atoms. The molecule has 0 spiro atoms. The van der Waals surface area contributed by atoms with Gasteiger partial charge in [-0.1, -0.05) is 30.3 Å². The summed E-state index contributed by atoms with van der Waals surface area (Å²) in [5, 5.41) is 20.6. The van der Waals surface area contributed by atoms with Crippen LogP contribution in [0.4, 0.5) is 10.1 Å². The molecular formula is C16H12FN3O4. The Kier molecular flexibility index (Phi) is 5.00. The van der Waals surface area contributed by atoms with E-state index < -0.39 is 27.9 Å². The lowest BCUT2D eigenvalue weighted by Crippen LogP contribution is -2.13. The molecule has 8 heteroatoms. The number of non-ortho nitro benzene ring substituents is 1. The number of nitrogens with two attached hydrogens (primary N) is 1. The molecule has 122 valence electrons. The molecule has 0 unspecified atom stereocenters. The number of amides is 1. The Balaban J connectivity index is 2.29. The van der Waals surface area contributed by atoms with Crippen LogP contribution in [0.3, 0.4) is 0 Å². The van der Waals surface area contributed by atoms with Crippen LogP contribution in [0.1, 0.15) is 15.9 Å². The van der Waals surface area contributed by atoms with Gasteiger partial charge in [0.1, 0.15) is 17.4 Å². The quantitative estimate of drug-likeness (QED) is 0.294. The molecule has 0 radical (unpaired) electrons. The number of nitrogens with zero attached hydrogens (tertiary/aromatic N) is 2. The zero-order valence-corrected chi connectivity index (χ0v) is 12.2. The van der Waals surface area contributed by atoms with Crippen LogP contribution in [-0.4, -0.2) is 21.8 Å². The van der Waals surface area contributed by atoms with Crippen LogP contribution in [-0.2, 0) is 0 Å². The number of aliphatic imine (C=N–C) groups is 1. The van der Waals surface area contributed by atoms with Gasteiger partial charge in [-0.3, -0.25) is 14.9 Å². The predicted octanol–water partition coefficient (Wildman–Crippen LogP) is 2.83. The second-order valence-electron chi connectivity index (χ2n) is 4.66. The molecule has 3 N–H and O–H groups in total. The number of hydrogen-bond donors (Lipinski definition) is 2. The number of benzene rings is 2. The Labute approximate surface area is 135 Å². The molecule has 0 aliphatic carbocycles. The third kappa shape index (κ3) is 4.01. The zero-order chi connectivity index (χ0) is 17.7. The van der Waals surface area contributed by atoms with E-state index >= 15 is 0 Å². The highest BCUT2D eigenvalue weighted by Crippen LogP contribution is 2.18. The van der Waals surface area contributed by atoms with Crippen molar-refractivity contribution < 1.29 is 19.2 Å². The van der Waals surface area contributed by atoms with Crippen LogP contribution in [0.2, 0.25) is 0 Å². The van der Waals surface area contributed by atoms with Crippen LogP contribution in [0, 0.1) is 15.9 Å². The number of nitro benzene ring substituents is 1. The molecule has 7 nitrogen and oxygen atoms in total. The highest BCUT2D eigenvalue weighted by atomic mass is 19.1. The van der Waals surface area contributed by atoms with Crippen molar-refractivity contribution in [3.8, 4) is 0 Å². The van der Waals surface area contributed by atoms with Gasteiger partial charge < -0.3 is 10.8 Å². The summed E-state index contributed by atoms with van der Waals surface area (Å²) in [6, 6.07) is 10.9. The smallest absolute Gasteiger partial charge is 0.282 e. The van der Waals surface area contributed by atoms with Gasteiger partial charge in [-0.15, -0.1) is 0 Å². The maximum absolute atomic E-state index is 13.6. The molecule has 0 aliphatic rings. The van der Waals surface area contributed by atoms with Gasteiger partial charge in [-0.25, -0.2) is 4.39 Å². The lowest BCUT2D eigenvalue weighted by atomic mass is 10.1. The summed E-state index contributed by atoms with van der Waals surface area (Å²) in [5.74, 6) is -2.65. The first-order chi connectivity index (χ1) is 11.4. The van der Waals surface area contributed by atoms with Gasteiger partial charge in [-0.2, -0.15) is 4.99 Å². The molecule has 0 fully saturated rings. The molecule has 2 aromatic rings. The number of nitro groups is 1. The monoisotopic (exact) mass is 329 g/mol. The molecule has 0 saturated carbocycles. The standard InChI is InChI=1S/C16H12FN3O4/c17-13-7-6-11(20(23)24)8-12(13)16(22)19-15(18)9-14(21)10-4-2-1-3-5-10/h1-9,21H,(H2,18,19,22)/b14-9-. The van der Waals surface area contributed by atoms with Crippen LogP contribution in [0.25, 0.3) is 5.76 Å². The summed E-state index contributed by atoms with van der Waals surface area (Å²) in [7, 11) is 0. The molecule has 0 saturated heterocycles. The number of rotatable bonds is 4. The Hall–Kier alpha value is -3.55. The molecule has 0 atom stereocenters. The average Bonchev–Trinajstić information content (AvgIpc) is 2.55. The minimum atomic E-state index is -1.09. The average molecular weight is 329 g/mol. The largest absolute Gasteiger partial charge is 0.507 e. The fourth-order valence-electron chi connectivity index (χ4n) is 1.83. The molecule has 0 aromatic heterocycles. The van der Waals surface area contributed by atoms with E-state index in [4.69, 9.17) is 5.73 Å². The van der Waals surface area contributed by atoms with Crippen LogP contribution < -0.4 is 5.73 Å². The lowest BCUT2D eigenvalue weighted by molar-refractivity contribution is -0.384. The Morgan fingerprint density at radius 1 is 1.25 bits per heavy atom. The van der Waals surface area contributed by atoms with Crippen molar-refractivity contribution in [3.05, 3.63) is 81.7 Å². The van der Waals surface area contributed by atoms with E-state index in [0.717, 1.165) is 24.3 Å². The minimum Gasteiger partial charge on any atom is -0.507 e. The second kappa shape index (κ2) is 7.14. The van der Waals surface area contributed by atoms with Gasteiger partial charge in [0, 0.05) is 23.8 Å². The number of amidine groups is 1. The zero-order valence-electron chi connectivity index (χ0n) is 12.2. The highest BCUT2D eigenvalue weighted by molar-refractivity contribution is 6.08. The lowest BCUT2D eigenvalue weighted by Gasteiger charge is -2.01. The molecule has 2 aromatic carbocycles. The minimum absolute atomic E-state index is 0.232. The van der Waals surface area contributed by atoms with Crippen molar-refractivity contribution in [2.45, 2.75) is 0 Å². The van der Waals surface area contributed by atoms with Crippen LogP contribution >= 0.6 is 0 Å². The first kappa shape index (κ1) is 16.8. The highest BCUT2D eigenvalue weighted by Gasteiger charge is 2.16. The van der Waals surface area contributed by atoms with E-state index in [-0.39, 0.29) is 11.6 Å². The molecule has 1 amide bonds. The summed E-state index contributed by atoms with van der Waals surface area (Å²) in [5.41, 5.74) is 4.95. The topological polar surface area (TPSA) is 119 Å². The van der Waals surface area contributed by atoms with Crippen molar-refractivity contribution >= 4 is 23.2 Å². The Morgan fingerprint density at radius 2 is 1.92 bits per heavy atom. The maximum atomic E-state index is 13.6. The first-order valence-electron chi connectivity index (χ1n) is 6.67. The molecule has 0 aliphatic heterocycles. The Morgan fingerprint density at radius 3 is 2.54 bits per heavy atom. The van der Waals surface area contributed by atoms with Crippen LogP contribution in [0.5, 0.6) is 0 Å². The fraction of sp³-hybridized carbons (Fsp3) is 0. The fourth-order valence-corrected chi connectivity index (χ4v) is 1.83. The van der Waals surface area contributed by atoms with E-state index in [1.807, 2.05) is 0 Å². The van der Waals surface area contributed by atoms with Crippen molar-refractivity contribution in [2.24, 2.45) is 10.7 Å². The third-order valence-corrected chi connectivity index (χ3v) is 2.98. The number of aliphatic hydroxyl groups is 1. The van der Waals surface area contributed by atoms with Gasteiger partial charge in [-0.05, 0) is 6.07 Å². The Bertz CT molecular complexity index is 848. The van der Waals surface area contributed by atoms with Crippen molar-refractivity contribution in [1.82, 2.24) is 0 Å². The molecule has 0 heterocycles. The maximum Gasteiger partial charge on any atom is 0.282 e. The second-order valence-corrected chi connectivity index (χ2v) is 4.66. The summed E-state index contributed by atoms with van der Waals surface area (Å²) in [4.78, 5) is 25.3. The van der Waals surface area contributed by atoms with Gasteiger partial charge >= 0.3 is 0 Å². The number of halogens is 1. The van der Waals surface area contributed by atoms with Crippen LogP contribution in [0.15, 0.2) is 59.6 Å². The van der Waals surface area contributed by atoms with E-state index in [0.29, 0.717) is 5.56 Å². The molecular weight excluding hydrogens is 317 g/mol. The summed E-state index contributed by atoms with van der Waals surface area (Å²) in [6.07, 6.45) is 1.03. The van der Waals surface area contributed by atoms with Gasteiger partial charge in [0.2, 0.25) is 0 Å². The van der Waals surface area contributed by atoms with E-state index in [1.165, 1.54) is 0 Å². The summed E-state index contributed by atoms with van der Waals surface area (Å²) in [6.45, 7) is 0. The number of hydrogen-bond acceptors (Lipinski definition) is 4. The van der Waals surface area contributed by atoms with Crippen molar-refractivity contribution in [2.75, 3.05) is 0 Å². The third-order valence-electron chi connectivity index (χ3n) is 2.98. The van der Waals surface area contributed by atoms with E-state index in [1.54, 1.807) is 30.3 Å². The van der Waals surface area contributed by atoms with Gasteiger partial charge in [0.25, 0.3) is 11.6 Å².